The van der Waals surface area contributed by atoms with Gasteiger partial charge in [-0.1, -0.05) is 26.7 Å². The lowest BCUT2D eigenvalue weighted by atomic mass is 9.88. The van der Waals surface area contributed by atoms with Crippen LogP contribution in [0.25, 0.3) is 0 Å². The largest absolute Gasteiger partial charge is 0.325 e. The molecule has 10 nitrogen and oxygen atoms in total. The van der Waals surface area contributed by atoms with E-state index in [2.05, 4.69) is 15.5 Å². The van der Waals surface area contributed by atoms with Gasteiger partial charge in [0.05, 0.1) is 4.90 Å². The minimum Gasteiger partial charge on any atom is -0.325 e. The van der Waals surface area contributed by atoms with Crippen LogP contribution >= 0.6 is 0 Å². The molecule has 0 bridgehead atoms. The first-order chi connectivity index (χ1) is 15.6. The van der Waals surface area contributed by atoms with Gasteiger partial charge in [-0.15, -0.1) is 0 Å². The molecule has 0 unspecified atom stereocenters. The lowest BCUT2D eigenvalue weighted by molar-refractivity contribution is -0.134. The number of hydrogen-bond acceptors (Lipinski definition) is 6. The lowest BCUT2D eigenvalue weighted by Gasteiger charge is -2.31. The summed E-state index contributed by atoms with van der Waals surface area (Å²) in [6.45, 7) is 5.70. The van der Waals surface area contributed by atoms with E-state index in [1.54, 1.807) is 0 Å². The van der Waals surface area contributed by atoms with Crippen molar-refractivity contribution in [3.63, 3.8) is 0 Å². The molecule has 0 spiro atoms. The number of urea groups is 1. The van der Waals surface area contributed by atoms with Crippen molar-refractivity contribution in [2.75, 3.05) is 45.1 Å². The maximum Gasteiger partial charge on any atom is 0.325 e. The third-order valence-electron chi connectivity index (χ3n) is 6.14. The summed E-state index contributed by atoms with van der Waals surface area (Å²) in [5.41, 5.74) is -0.557. The SMILES string of the molecule is CCCC1(CCC)NC(=O)N(CC(=O)Nc2ccc(S(=O)(=O)N3CCN(C)CC3)cc2)C1=O. The molecule has 3 rings (SSSR count). The maximum atomic E-state index is 12.9. The Morgan fingerprint density at radius 3 is 2.15 bits per heavy atom. The monoisotopic (exact) mass is 479 g/mol. The quantitative estimate of drug-likeness (QED) is 0.518. The van der Waals surface area contributed by atoms with E-state index in [1.165, 1.54) is 28.6 Å². The average Bonchev–Trinajstić information content (AvgIpc) is 2.99. The van der Waals surface area contributed by atoms with E-state index in [1.807, 2.05) is 20.9 Å². The molecule has 0 radical (unpaired) electrons. The van der Waals surface area contributed by atoms with Gasteiger partial charge in [0.15, 0.2) is 0 Å². The second-order valence-electron chi connectivity index (χ2n) is 8.68. The van der Waals surface area contributed by atoms with Crippen LogP contribution < -0.4 is 10.6 Å². The van der Waals surface area contributed by atoms with Crippen LogP contribution in [0.2, 0.25) is 0 Å². The summed E-state index contributed by atoms with van der Waals surface area (Å²) in [7, 11) is -1.65. The molecule has 2 aliphatic heterocycles. The number of hydrogen-bond donors (Lipinski definition) is 2. The minimum atomic E-state index is -3.60. The zero-order valence-electron chi connectivity index (χ0n) is 19.5. The van der Waals surface area contributed by atoms with Crippen LogP contribution in [0.4, 0.5) is 10.5 Å². The normalized spacial score (nSPS) is 19.5. The molecule has 2 N–H and O–H groups in total. The smallest absolute Gasteiger partial charge is 0.325 e. The second kappa shape index (κ2) is 10.2. The predicted octanol–water partition coefficient (Wildman–Crippen LogP) is 1.45. The Labute approximate surface area is 195 Å². The van der Waals surface area contributed by atoms with Gasteiger partial charge in [0.25, 0.3) is 5.91 Å². The zero-order valence-corrected chi connectivity index (χ0v) is 20.3. The standard InChI is InChI=1S/C22H33N5O5S/c1-4-10-22(11-5-2)20(29)27(21(30)24-22)16-19(28)23-17-6-8-18(9-7-17)33(31,32)26-14-12-25(3)13-15-26/h6-9H,4-5,10-16H2,1-3H3,(H,23,28)(H,24,30). The summed E-state index contributed by atoms with van der Waals surface area (Å²) in [4.78, 5) is 41.0. The molecule has 182 valence electrons. The number of sulfonamides is 1. The highest BCUT2D eigenvalue weighted by atomic mass is 32.2. The van der Waals surface area contributed by atoms with Crippen LogP contribution in [-0.4, -0.2) is 85.7 Å². The molecule has 0 aromatic heterocycles. The highest BCUT2D eigenvalue weighted by Gasteiger charge is 2.50. The van der Waals surface area contributed by atoms with Crippen LogP contribution in [0, 0.1) is 0 Å². The number of carbonyl (C=O) groups excluding carboxylic acids is 3. The topological polar surface area (TPSA) is 119 Å². The van der Waals surface area contributed by atoms with Gasteiger partial charge in [-0.05, 0) is 44.2 Å². The number of anilines is 1. The van der Waals surface area contributed by atoms with Crippen LogP contribution in [-0.2, 0) is 19.6 Å². The third-order valence-corrected chi connectivity index (χ3v) is 8.05. The average molecular weight is 480 g/mol. The van der Waals surface area contributed by atoms with Gasteiger partial charge in [0.2, 0.25) is 15.9 Å². The summed E-state index contributed by atoms with van der Waals surface area (Å²) >= 11 is 0. The van der Waals surface area contributed by atoms with Crippen molar-refractivity contribution < 1.29 is 22.8 Å². The highest BCUT2D eigenvalue weighted by Crippen LogP contribution is 2.28. The number of nitrogens with zero attached hydrogens (tertiary/aromatic N) is 3. The third kappa shape index (κ3) is 5.36. The number of carbonyl (C=O) groups is 3. The molecular weight excluding hydrogens is 446 g/mol. The fourth-order valence-electron chi connectivity index (χ4n) is 4.37. The number of amides is 4. The molecule has 4 amide bonds. The molecule has 1 aromatic carbocycles. The van der Waals surface area contributed by atoms with E-state index in [-0.39, 0.29) is 10.8 Å². The summed E-state index contributed by atoms with van der Waals surface area (Å²) < 4.78 is 27.1. The van der Waals surface area contributed by atoms with Gasteiger partial charge in [-0.2, -0.15) is 4.31 Å². The van der Waals surface area contributed by atoms with E-state index >= 15 is 0 Å². The van der Waals surface area contributed by atoms with Crippen molar-refractivity contribution in [2.45, 2.75) is 50.0 Å². The van der Waals surface area contributed by atoms with E-state index < -0.39 is 34.0 Å². The first kappa shape index (κ1) is 25.1. The van der Waals surface area contributed by atoms with Crippen molar-refractivity contribution in [1.82, 2.24) is 19.4 Å². The molecular formula is C22H33N5O5S. The molecule has 11 heteroatoms. The van der Waals surface area contributed by atoms with Crippen LogP contribution in [0.1, 0.15) is 39.5 Å². The fraction of sp³-hybridized carbons (Fsp3) is 0.591. The Kier molecular flexibility index (Phi) is 7.76. The van der Waals surface area contributed by atoms with Gasteiger partial charge in [0.1, 0.15) is 12.1 Å². The Bertz CT molecular complexity index is 981. The lowest BCUT2D eigenvalue weighted by Crippen LogP contribution is -2.47. The predicted molar refractivity (Wildman–Crippen MR) is 124 cm³/mol. The summed E-state index contributed by atoms with van der Waals surface area (Å²) in [5.74, 6) is -0.906. The first-order valence-corrected chi connectivity index (χ1v) is 12.8. The summed E-state index contributed by atoms with van der Waals surface area (Å²) in [5, 5.41) is 5.42. The molecule has 2 saturated heterocycles. The molecule has 1 aromatic rings. The van der Waals surface area contributed by atoms with Crippen LogP contribution in [0.3, 0.4) is 0 Å². The summed E-state index contributed by atoms with van der Waals surface area (Å²) in [6.07, 6.45) is 2.50. The van der Waals surface area contributed by atoms with Gasteiger partial charge in [-0.25, -0.2) is 13.2 Å². The van der Waals surface area contributed by atoms with Crippen LogP contribution in [0.15, 0.2) is 29.2 Å². The minimum absolute atomic E-state index is 0.156. The molecule has 33 heavy (non-hydrogen) atoms. The zero-order chi connectivity index (χ0) is 24.2. The van der Waals surface area contributed by atoms with E-state index in [0.29, 0.717) is 44.7 Å². The van der Waals surface area contributed by atoms with Gasteiger partial charge in [-0.3, -0.25) is 14.5 Å². The van der Waals surface area contributed by atoms with Crippen molar-refractivity contribution in [3.8, 4) is 0 Å². The van der Waals surface area contributed by atoms with Crippen molar-refractivity contribution in [2.24, 2.45) is 0 Å². The fourth-order valence-corrected chi connectivity index (χ4v) is 5.79. The van der Waals surface area contributed by atoms with Crippen molar-refractivity contribution >= 4 is 33.6 Å². The van der Waals surface area contributed by atoms with E-state index in [0.717, 1.165) is 17.7 Å². The molecule has 2 aliphatic rings. The number of piperazine rings is 1. The van der Waals surface area contributed by atoms with Gasteiger partial charge < -0.3 is 15.5 Å². The van der Waals surface area contributed by atoms with E-state index in [9.17, 15) is 22.8 Å². The Morgan fingerprint density at radius 1 is 1.03 bits per heavy atom. The Balaban J connectivity index is 1.63. The number of benzene rings is 1. The molecule has 0 atom stereocenters. The number of rotatable bonds is 9. The van der Waals surface area contributed by atoms with Gasteiger partial charge >= 0.3 is 6.03 Å². The van der Waals surface area contributed by atoms with E-state index in [4.69, 9.17) is 0 Å². The van der Waals surface area contributed by atoms with Crippen molar-refractivity contribution in [1.29, 1.82) is 0 Å². The number of likely N-dealkylation sites (N-methyl/N-ethyl adjacent to an activating group) is 1. The maximum absolute atomic E-state index is 12.9. The number of nitrogens with one attached hydrogen (secondary N) is 2. The van der Waals surface area contributed by atoms with Crippen LogP contribution in [0.5, 0.6) is 0 Å². The summed E-state index contributed by atoms with van der Waals surface area (Å²) in [6, 6.07) is 5.34. The Hall–Kier alpha value is -2.50. The molecule has 2 heterocycles. The number of imide groups is 1. The highest BCUT2D eigenvalue weighted by molar-refractivity contribution is 7.89. The second-order valence-corrected chi connectivity index (χ2v) is 10.6. The molecule has 0 saturated carbocycles. The van der Waals surface area contributed by atoms with Gasteiger partial charge in [0, 0.05) is 31.9 Å². The molecule has 2 fully saturated rings. The molecule has 0 aliphatic carbocycles. The van der Waals surface area contributed by atoms with Crippen molar-refractivity contribution in [3.05, 3.63) is 24.3 Å². The Morgan fingerprint density at radius 2 is 1.61 bits per heavy atom. The first-order valence-electron chi connectivity index (χ1n) is 11.4.